The van der Waals surface area contributed by atoms with Crippen LogP contribution in [0.2, 0.25) is 0 Å². The van der Waals surface area contributed by atoms with Gasteiger partial charge in [0.05, 0.1) is 7.11 Å². The molecule has 0 aliphatic rings. The van der Waals surface area contributed by atoms with E-state index in [1.807, 2.05) is 13.8 Å². The quantitative estimate of drug-likeness (QED) is 0.816. The first-order chi connectivity index (χ1) is 8.45. The molecule has 18 heavy (non-hydrogen) atoms. The molecule has 0 heterocycles. The molecule has 2 N–H and O–H groups in total. The second kappa shape index (κ2) is 6.35. The number of carboxylic acid groups (broad SMARTS) is 1. The third-order valence-corrected chi connectivity index (χ3v) is 2.68. The van der Waals surface area contributed by atoms with Crippen molar-refractivity contribution >= 4 is 5.97 Å². The summed E-state index contributed by atoms with van der Waals surface area (Å²) >= 11 is 0. The fraction of sp³-hybridized carbons (Fsp3) is 0.462. The highest BCUT2D eigenvalue weighted by atomic mass is 19.1. The molecule has 0 aliphatic heterocycles. The molecule has 1 aromatic rings. The van der Waals surface area contributed by atoms with E-state index in [9.17, 15) is 9.18 Å². The Morgan fingerprint density at radius 1 is 1.50 bits per heavy atom. The maximum atomic E-state index is 13.4. The predicted octanol–water partition coefficient (Wildman–Crippen LogP) is 2.03. The molecule has 0 spiro atoms. The van der Waals surface area contributed by atoms with Gasteiger partial charge in [0.25, 0.3) is 0 Å². The third-order valence-electron chi connectivity index (χ3n) is 2.68. The number of methoxy groups -OCH3 is 1. The molecule has 0 saturated carbocycles. The van der Waals surface area contributed by atoms with E-state index < -0.39 is 17.8 Å². The number of hydrogen-bond acceptors (Lipinski definition) is 3. The maximum Gasteiger partial charge on any atom is 0.320 e. The summed E-state index contributed by atoms with van der Waals surface area (Å²) in [5, 5.41) is 11.9. The first-order valence-corrected chi connectivity index (χ1v) is 5.74. The Balaban J connectivity index is 2.68. The highest BCUT2D eigenvalue weighted by Gasteiger charge is 2.20. The standard InChI is InChI=1S/C13H18FNO3/c1-8(2)12(13(16)17)15-7-9-4-5-11(18-3)10(14)6-9/h4-6,8,12,15H,7H2,1-3H3,(H,16,17)/t12-/m1/s1. The Labute approximate surface area is 106 Å². The summed E-state index contributed by atoms with van der Waals surface area (Å²) < 4.78 is 18.2. The second-order valence-electron chi connectivity index (χ2n) is 4.41. The summed E-state index contributed by atoms with van der Waals surface area (Å²) in [5.41, 5.74) is 0.681. The summed E-state index contributed by atoms with van der Waals surface area (Å²) in [6.45, 7) is 3.94. The molecule has 0 fully saturated rings. The van der Waals surface area contributed by atoms with Gasteiger partial charge in [-0.05, 0) is 23.6 Å². The van der Waals surface area contributed by atoms with Crippen LogP contribution in [0.1, 0.15) is 19.4 Å². The molecule has 0 aliphatic carbocycles. The van der Waals surface area contributed by atoms with Crippen molar-refractivity contribution in [3.63, 3.8) is 0 Å². The third kappa shape index (κ3) is 3.70. The highest BCUT2D eigenvalue weighted by molar-refractivity contribution is 5.73. The van der Waals surface area contributed by atoms with Crippen molar-refractivity contribution in [2.45, 2.75) is 26.4 Å². The van der Waals surface area contributed by atoms with E-state index in [-0.39, 0.29) is 11.7 Å². The van der Waals surface area contributed by atoms with Crippen LogP contribution in [0.25, 0.3) is 0 Å². The average Bonchev–Trinajstić information content (AvgIpc) is 2.28. The lowest BCUT2D eigenvalue weighted by Gasteiger charge is -2.18. The summed E-state index contributed by atoms with van der Waals surface area (Å²) in [4.78, 5) is 11.0. The van der Waals surface area contributed by atoms with Gasteiger partial charge in [-0.1, -0.05) is 19.9 Å². The van der Waals surface area contributed by atoms with Crippen molar-refractivity contribution in [3.8, 4) is 5.75 Å². The number of benzene rings is 1. The zero-order valence-corrected chi connectivity index (χ0v) is 10.7. The fourth-order valence-electron chi connectivity index (χ4n) is 1.66. The molecule has 100 valence electrons. The van der Waals surface area contributed by atoms with Gasteiger partial charge in [-0.3, -0.25) is 4.79 Å². The summed E-state index contributed by atoms with van der Waals surface area (Å²) in [5.74, 6) is -1.21. The lowest BCUT2D eigenvalue weighted by molar-refractivity contribution is -0.140. The smallest absolute Gasteiger partial charge is 0.320 e. The van der Waals surface area contributed by atoms with Crippen LogP contribution in [0.15, 0.2) is 18.2 Å². The van der Waals surface area contributed by atoms with Gasteiger partial charge in [0.1, 0.15) is 6.04 Å². The molecular weight excluding hydrogens is 237 g/mol. The number of aliphatic carboxylic acids is 1. The van der Waals surface area contributed by atoms with Gasteiger partial charge in [-0.2, -0.15) is 0 Å². The molecule has 5 heteroatoms. The van der Waals surface area contributed by atoms with Crippen molar-refractivity contribution in [1.29, 1.82) is 0 Å². The maximum absolute atomic E-state index is 13.4. The van der Waals surface area contributed by atoms with Gasteiger partial charge in [-0.15, -0.1) is 0 Å². The molecule has 0 aromatic heterocycles. The molecule has 0 radical (unpaired) electrons. The molecule has 0 amide bonds. The van der Waals surface area contributed by atoms with E-state index in [0.717, 1.165) is 0 Å². The second-order valence-corrected chi connectivity index (χ2v) is 4.41. The van der Waals surface area contributed by atoms with Crippen LogP contribution >= 0.6 is 0 Å². The topological polar surface area (TPSA) is 58.6 Å². The molecule has 1 aromatic carbocycles. The van der Waals surface area contributed by atoms with E-state index in [4.69, 9.17) is 9.84 Å². The fourth-order valence-corrected chi connectivity index (χ4v) is 1.66. The van der Waals surface area contributed by atoms with Crippen molar-refractivity contribution < 1.29 is 19.0 Å². The van der Waals surface area contributed by atoms with E-state index in [2.05, 4.69) is 5.32 Å². The first kappa shape index (κ1) is 14.4. The molecule has 0 bridgehead atoms. The Bertz CT molecular complexity index is 421. The highest BCUT2D eigenvalue weighted by Crippen LogP contribution is 2.17. The minimum absolute atomic E-state index is 0.0365. The summed E-state index contributed by atoms with van der Waals surface area (Å²) in [7, 11) is 1.40. The molecule has 0 saturated heterocycles. The normalized spacial score (nSPS) is 12.5. The Morgan fingerprint density at radius 2 is 2.17 bits per heavy atom. The number of rotatable bonds is 6. The van der Waals surface area contributed by atoms with Gasteiger partial charge in [-0.25, -0.2) is 4.39 Å². The largest absolute Gasteiger partial charge is 0.494 e. The Morgan fingerprint density at radius 3 is 2.61 bits per heavy atom. The van der Waals surface area contributed by atoms with Crippen LogP contribution in [-0.2, 0) is 11.3 Å². The lowest BCUT2D eigenvalue weighted by Crippen LogP contribution is -2.40. The minimum atomic E-state index is -0.904. The van der Waals surface area contributed by atoms with Crippen LogP contribution < -0.4 is 10.1 Å². The zero-order valence-electron chi connectivity index (χ0n) is 10.7. The van der Waals surface area contributed by atoms with Crippen molar-refractivity contribution in [3.05, 3.63) is 29.6 Å². The number of hydrogen-bond donors (Lipinski definition) is 2. The van der Waals surface area contributed by atoms with E-state index in [1.165, 1.54) is 19.2 Å². The lowest BCUT2D eigenvalue weighted by atomic mass is 10.0. The molecule has 4 nitrogen and oxygen atoms in total. The summed E-state index contributed by atoms with van der Waals surface area (Å²) in [6.07, 6.45) is 0. The van der Waals surface area contributed by atoms with Crippen LogP contribution in [0.3, 0.4) is 0 Å². The molecule has 0 unspecified atom stereocenters. The van der Waals surface area contributed by atoms with Crippen LogP contribution in [0.5, 0.6) is 5.75 Å². The van der Waals surface area contributed by atoms with E-state index >= 15 is 0 Å². The Hall–Kier alpha value is -1.62. The number of carboxylic acids is 1. The van der Waals surface area contributed by atoms with Crippen LogP contribution in [0.4, 0.5) is 4.39 Å². The minimum Gasteiger partial charge on any atom is -0.494 e. The average molecular weight is 255 g/mol. The SMILES string of the molecule is COc1ccc(CN[C@@H](C(=O)O)C(C)C)cc1F. The Kier molecular flexibility index (Phi) is 5.09. The van der Waals surface area contributed by atoms with Crippen LogP contribution in [0, 0.1) is 11.7 Å². The van der Waals surface area contributed by atoms with Gasteiger partial charge in [0.15, 0.2) is 11.6 Å². The van der Waals surface area contributed by atoms with Crippen molar-refractivity contribution in [1.82, 2.24) is 5.32 Å². The summed E-state index contributed by atoms with van der Waals surface area (Å²) in [6, 6.07) is 3.92. The van der Waals surface area contributed by atoms with Gasteiger partial charge >= 0.3 is 5.97 Å². The van der Waals surface area contributed by atoms with Crippen molar-refractivity contribution in [2.24, 2.45) is 5.92 Å². The van der Waals surface area contributed by atoms with Gasteiger partial charge in [0.2, 0.25) is 0 Å². The monoisotopic (exact) mass is 255 g/mol. The van der Waals surface area contributed by atoms with Gasteiger partial charge < -0.3 is 15.2 Å². The van der Waals surface area contributed by atoms with Crippen LogP contribution in [-0.4, -0.2) is 24.2 Å². The van der Waals surface area contributed by atoms with Crippen molar-refractivity contribution in [2.75, 3.05) is 7.11 Å². The van der Waals surface area contributed by atoms with Gasteiger partial charge in [0, 0.05) is 6.54 Å². The predicted molar refractivity (Wildman–Crippen MR) is 66.1 cm³/mol. The molecule has 1 atom stereocenters. The zero-order chi connectivity index (χ0) is 13.7. The number of halogens is 1. The number of carbonyl (C=O) groups is 1. The molecular formula is C13H18FNO3. The first-order valence-electron chi connectivity index (χ1n) is 5.74. The van der Waals surface area contributed by atoms with E-state index in [1.54, 1.807) is 6.07 Å². The number of nitrogens with one attached hydrogen (secondary N) is 1. The van der Waals surface area contributed by atoms with E-state index in [0.29, 0.717) is 12.1 Å². The number of ether oxygens (including phenoxy) is 1. The molecule has 1 rings (SSSR count).